The van der Waals surface area contributed by atoms with Crippen molar-refractivity contribution in [3.63, 3.8) is 0 Å². The van der Waals surface area contributed by atoms with Crippen LogP contribution in [0.15, 0.2) is 59.6 Å². The van der Waals surface area contributed by atoms with Crippen LogP contribution < -0.4 is 63.9 Å². The maximum absolute atomic E-state index is 11.6. The summed E-state index contributed by atoms with van der Waals surface area (Å²) in [4.78, 5) is 100. The molecule has 4 fully saturated rings. The Bertz CT molecular complexity index is 3290. The van der Waals surface area contributed by atoms with E-state index >= 15 is 0 Å². The molecule has 25 nitrogen and oxygen atoms in total. The van der Waals surface area contributed by atoms with Gasteiger partial charge in [-0.2, -0.15) is 0 Å². The van der Waals surface area contributed by atoms with Gasteiger partial charge in [0.25, 0.3) is 0 Å². The Hall–Kier alpha value is -6.76. The number of aliphatic hydroxyl groups is 2. The summed E-state index contributed by atoms with van der Waals surface area (Å²) in [5.74, 6) is -0.432. The molecule has 0 unspecified atom stereocenters. The minimum absolute atomic E-state index is 0. The number of piperidine rings is 2. The summed E-state index contributed by atoms with van der Waals surface area (Å²) in [6.07, 6.45) is 11.4. The number of nitrogens with zero attached hydrogens (tertiary/aromatic N) is 9. The number of fused-ring (bicyclic) bond motifs is 2. The first-order chi connectivity index (χ1) is 44.4. The van der Waals surface area contributed by atoms with E-state index in [9.17, 15) is 39.0 Å². The molecule has 2 aromatic carbocycles. The molecule has 0 bridgehead atoms. The van der Waals surface area contributed by atoms with Gasteiger partial charge < -0.3 is 66.8 Å². The SMILES string of the molecule is CC(=O)OOC(C)=O.COC(=O)CCCOc1c(C)cc2cccnc2c1N1CCCN(Cc2csc(N3CCC(O)CC3)n2)CC1.COC(=O)CCCOc1c(C)cc2cccnc2c1N1CCCNCC1.O=Cc1csc(N2CCC(O)CC2)n1.[B-]OC(C)=O.[Na+]. The summed E-state index contributed by atoms with van der Waals surface area (Å²) >= 11 is 3.19. The smallest absolute Gasteiger partial charge is 0.793 e. The Morgan fingerprint density at radius 2 is 1.12 bits per heavy atom. The first-order valence-corrected chi connectivity index (χ1v) is 32.7. The molecule has 4 aliphatic rings. The van der Waals surface area contributed by atoms with E-state index in [4.69, 9.17) is 28.9 Å². The van der Waals surface area contributed by atoms with Gasteiger partial charge in [-0.3, -0.25) is 34.0 Å². The van der Waals surface area contributed by atoms with Gasteiger partial charge in [0.15, 0.2) is 16.5 Å². The number of carbonyl (C=O) groups is 6. The van der Waals surface area contributed by atoms with Gasteiger partial charge in [0.1, 0.15) is 28.6 Å². The molecule has 4 aromatic heterocycles. The largest absolute Gasteiger partial charge is 1.00 e. The molecule has 0 saturated carbocycles. The fraction of sp³-hybridized carbons (Fsp3) is 0.531. The summed E-state index contributed by atoms with van der Waals surface area (Å²) in [7, 11) is 7.15. The molecule has 8 heterocycles. The molecule has 0 amide bonds. The molecule has 29 heteroatoms. The van der Waals surface area contributed by atoms with Crippen LogP contribution in [-0.4, -0.2) is 197 Å². The number of rotatable bonds is 17. The van der Waals surface area contributed by atoms with Crippen molar-refractivity contribution in [2.24, 2.45) is 0 Å². The summed E-state index contributed by atoms with van der Waals surface area (Å²) in [6.45, 7) is 20.4. The number of ether oxygens (including phenoxy) is 4. The molecule has 10 rings (SSSR count). The number of carbonyl (C=O) groups excluding carboxylic acids is 6. The van der Waals surface area contributed by atoms with Crippen molar-refractivity contribution < 1.29 is 102 Å². The Balaban J connectivity index is 0.000000248. The van der Waals surface area contributed by atoms with Crippen molar-refractivity contribution in [3.8, 4) is 11.5 Å². The summed E-state index contributed by atoms with van der Waals surface area (Å²) in [5, 5.41) is 30.7. The third-order valence-electron chi connectivity index (χ3n) is 15.0. The van der Waals surface area contributed by atoms with Crippen LogP contribution in [0.25, 0.3) is 21.8 Å². The number of thiazole rings is 2. The van der Waals surface area contributed by atoms with Gasteiger partial charge in [-0.05, 0) is 107 Å². The van der Waals surface area contributed by atoms with Crippen LogP contribution >= 0.6 is 22.7 Å². The van der Waals surface area contributed by atoms with E-state index < -0.39 is 17.9 Å². The molecule has 4 aliphatic heterocycles. The number of aryl methyl sites for hydroxylation is 2. The van der Waals surface area contributed by atoms with Gasteiger partial charge in [-0.15, -0.1) is 22.7 Å². The molecule has 0 spiro atoms. The monoisotopic (exact) mass is 1330 g/mol. The molecular weight excluding hydrogens is 1250 g/mol. The van der Waals surface area contributed by atoms with Crippen molar-refractivity contribution in [1.82, 2.24) is 30.2 Å². The second-order valence-corrected chi connectivity index (χ2v) is 23.8. The second kappa shape index (κ2) is 41.2. The quantitative estimate of drug-likeness (QED) is 0.0287. The predicted octanol–water partition coefficient (Wildman–Crippen LogP) is 4.26. The van der Waals surface area contributed by atoms with Crippen molar-refractivity contribution in [1.29, 1.82) is 0 Å². The van der Waals surface area contributed by atoms with E-state index in [1.54, 1.807) is 16.7 Å². The van der Waals surface area contributed by atoms with E-state index in [0.29, 0.717) is 44.6 Å². The van der Waals surface area contributed by atoms with Crippen LogP contribution in [0.5, 0.6) is 11.5 Å². The fourth-order valence-corrected chi connectivity index (χ4v) is 12.2. The average Bonchev–Trinajstić information content (AvgIpc) is 1.74. The topological polar surface area (TPSA) is 287 Å². The summed E-state index contributed by atoms with van der Waals surface area (Å²) in [6, 6.07) is 12.4. The van der Waals surface area contributed by atoms with E-state index in [1.807, 2.05) is 24.5 Å². The average molecular weight is 1330 g/mol. The number of hydrogen-bond donors (Lipinski definition) is 3. The van der Waals surface area contributed by atoms with E-state index in [1.165, 1.54) is 32.5 Å². The predicted molar refractivity (Wildman–Crippen MR) is 354 cm³/mol. The molecule has 3 N–H and O–H groups in total. The molecule has 6 aromatic rings. The second-order valence-electron chi connectivity index (χ2n) is 22.1. The molecule has 0 aliphatic carbocycles. The fourth-order valence-electron chi connectivity index (χ4n) is 10.5. The van der Waals surface area contributed by atoms with Gasteiger partial charge in [0.05, 0.1) is 56.4 Å². The number of aromatic nitrogens is 4. The molecule has 0 atom stereocenters. The molecule has 4 saturated heterocycles. The van der Waals surface area contributed by atoms with Crippen LogP contribution in [0.2, 0.25) is 0 Å². The van der Waals surface area contributed by atoms with Crippen LogP contribution in [-0.2, 0) is 54.4 Å². The molecule has 499 valence electrons. The zero-order chi connectivity index (χ0) is 66.4. The zero-order valence-electron chi connectivity index (χ0n) is 54.8. The van der Waals surface area contributed by atoms with Crippen molar-refractivity contribution in [2.75, 3.05) is 126 Å². The number of pyridine rings is 2. The standard InChI is InChI=1S/C29H39N5O4S.C20H27N3O3.C9H12N2O2S.C4H6O4.C2H3BO2.Na/c1-21-18-22-6-3-10-30-26(22)27(28(21)38-17-4-7-25(36)37-2)33-12-5-11-32(15-16-33)19-23-20-39-29(31-23)34-13-8-24(35)9-14-34;1-15-14-16-6-3-9-22-18(16)19(23-11-5-8-21-10-12-23)20(15)26-13-4-7-17(24)25-2;12-5-7-6-14-9(10-7)11-3-1-8(13)2-4-11;1-3(5)7-8-4(2)6;1-2(4)5-3;/h3,6,10,18,20,24,35H,4-5,7-9,11-17,19H2,1-2H3;3,6,9,14,21H,4-5,7-8,10-13H2,1-2H3;5-6,8,13H,1-4H2;1-2H3;1H3;/q;;;;-1;+1. The molecule has 93 heavy (non-hydrogen) atoms. The van der Waals surface area contributed by atoms with Crippen LogP contribution in [0.4, 0.5) is 21.6 Å². The van der Waals surface area contributed by atoms with E-state index in [0.717, 1.165) is 216 Å². The van der Waals surface area contributed by atoms with Crippen LogP contribution in [0, 0.1) is 13.8 Å². The maximum atomic E-state index is 11.6. The number of aldehydes is 1. The van der Waals surface area contributed by atoms with Gasteiger partial charge in [0, 0.05) is 146 Å². The third kappa shape index (κ3) is 25.5. The molecular formula is C64H87BN10NaO15S2. The minimum Gasteiger partial charge on any atom is -0.793 e. The van der Waals surface area contributed by atoms with Crippen LogP contribution in [0.1, 0.15) is 112 Å². The normalized spacial score (nSPS) is 15.3. The Labute approximate surface area is 575 Å². The van der Waals surface area contributed by atoms with Crippen molar-refractivity contribution >= 4 is 110 Å². The van der Waals surface area contributed by atoms with Crippen molar-refractivity contribution in [3.05, 3.63) is 82.1 Å². The number of anilines is 4. The maximum Gasteiger partial charge on any atom is 1.00 e. The first kappa shape index (κ1) is 77.0. The number of methoxy groups -OCH3 is 2. The number of benzene rings is 2. The first-order valence-electron chi connectivity index (χ1n) is 30.9. The minimum atomic E-state index is -0.639. The van der Waals surface area contributed by atoms with E-state index in [-0.39, 0.29) is 53.7 Å². The van der Waals surface area contributed by atoms with Gasteiger partial charge in [-0.25, -0.2) is 29.3 Å². The zero-order valence-corrected chi connectivity index (χ0v) is 58.4. The molecule has 3 radical (unpaired) electrons. The summed E-state index contributed by atoms with van der Waals surface area (Å²) in [5.41, 5.74) is 7.83. The summed E-state index contributed by atoms with van der Waals surface area (Å²) < 4.78 is 25.6. The van der Waals surface area contributed by atoms with E-state index in [2.05, 4.69) is 106 Å². The van der Waals surface area contributed by atoms with Gasteiger partial charge in [0.2, 0.25) is 5.97 Å². The number of hydrogen-bond acceptors (Lipinski definition) is 27. The van der Waals surface area contributed by atoms with Gasteiger partial charge in [-0.1, -0.05) is 12.1 Å². The number of nitrogens with one attached hydrogen (secondary N) is 1. The third-order valence-corrected chi connectivity index (χ3v) is 16.9. The Morgan fingerprint density at radius 1 is 0.634 bits per heavy atom. The number of esters is 2. The Kier molecular flexibility index (Phi) is 34.1. The van der Waals surface area contributed by atoms with Crippen LogP contribution in [0.3, 0.4) is 0 Å². The Morgan fingerprint density at radius 3 is 1.59 bits per heavy atom. The van der Waals surface area contributed by atoms with Gasteiger partial charge >= 0.3 is 53.4 Å². The van der Waals surface area contributed by atoms with Crippen molar-refractivity contribution in [2.45, 2.75) is 118 Å². The number of aliphatic hydroxyl groups excluding tert-OH is 2.